The van der Waals surface area contributed by atoms with Gasteiger partial charge in [-0.25, -0.2) is 4.79 Å². The zero-order chi connectivity index (χ0) is 17.1. The van der Waals surface area contributed by atoms with Crippen LogP contribution in [0, 0.1) is 20.6 Å². The Balaban J connectivity index is 2.35. The first-order valence-corrected chi connectivity index (χ1v) is 7.46. The highest BCUT2D eigenvalue weighted by atomic mass is 127. The number of aryl methyl sites for hydroxylation is 1. The molecule has 0 atom stereocenters. The summed E-state index contributed by atoms with van der Waals surface area (Å²) < 4.78 is 0.712. The lowest BCUT2D eigenvalue weighted by molar-refractivity contribution is -0.385. The summed E-state index contributed by atoms with van der Waals surface area (Å²) in [4.78, 5) is 33.8. The number of anilines is 1. The third kappa shape index (κ3) is 3.83. The molecule has 2 aromatic carbocycles. The van der Waals surface area contributed by atoms with Crippen LogP contribution in [0.15, 0.2) is 36.4 Å². The topological polar surface area (TPSA) is 110 Å². The molecule has 7 nitrogen and oxygen atoms in total. The Kier molecular flexibility index (Phi) is 4.94. The van der Waals surface area contributed by atoms with E-state index < -0.39 is 16.8 Å². The second-order valence-corrected chi connectivity index (χ2v) is 5.95. The number of nitrogens with one attached hydrogen (secondary N) is 1. The van der Waals surface area contributed by atoms with E-state index in [-0.39, 0.29) is 22.5 Å². The Labute approximate surface area is 144 Å². The van der Waals surface area contributed by atoms with Gasteiger partial charge >= 0.3 is 5.97 Å². The predicted molar refractivity (Wildman–Crippen MR) is 91.9 cm³/mol. The van der Waals surface area contributed by atoms with E-state index in [4.69, 9.17) is 0 Å². The summed E-state index contributed by atoms with van der Waals surface area (Å²) >= 11 is 1.96. The minimum atomic E-state index is -1.17. The number of carbonyl (C=O) groups excluding carboxylic acids is 1. The minimum Gasteiger partial charge on any atom is -0.478 e. The smallest absolute Gasteiger partial charge is 0.337 e. The van der Waals surface area contributed by atoms with Gasteiger partial charge in [0.2, 0.25) is 0 Å². The molecular formula is C15H11IN2O5. The highest BCUT2D eigenvalue weighted by Gasteiger charge is 2.17. The summed E-state index contributed by atoms with van der Waals surface area (Å²) in [5.74, 6) is -1.79. The fourth-order valence-corrected chi connectivity index (χ4v) is 2.44. The van der Waals surface area contributed by atoms with Crippen molar-refractivity contribution in [3.8, 4) is 0 Å². The van der Waals surface area contributed by atoms with Crippen LogP contribution >= 0.6 is 22.6 Å². The van der Waals surface area contributed by atoms with Gasteiger partial charge in [0.1, 0.15) is 0 Å². The number of aromatic carboxylic acids is 1. The number of nitrogens with zero attached hydrogens (tertiary/aromatic N) is 1. The van der Waals surface area contributed by atoms with Gasteiger partial charge in [0, 0.05) is 20.8 Å². The summed E-state index contributed by atoms with van der Waals surface area (Å²) in [5, 5.41) is 22.6. The fraction of sp³-hybridized carbons (Fsp3) is 0.0667. The first-order chi connectivity index (χ1) is 10.8. The summed E-state index contributed by atoms with van der Waals surface area (Å²) in [6.45, 7) is 1.57. The molecule has 2 aromatic rings. The van der Waals surface area contributed by atoms with Crippen LogP contribution in [-0.2, 0) is 0 Å². The maximum absolute atomic E-state index is 12.2. The lowest BCUT2D eigenvalue weighted by Crippen LogP contribution is -2.15. The maximum Gasteiger partial charge on any atom is 0.337 e. The van der Waals surface area contributed by atoms with E-state index >= 15 is 0 Å². The van der Waals surface area contributed by atoms with Gasteiger partial charge in [-0.3, -0.25) is 14.9 Å². The predicted octanol–water partition coefficient (Wildman–Crippen LogP) is 3.46. The molecule has 0 aliphatic heterocycles. The Morgan fingerprint density at radius 1 is 1.22 bits per heavy atom. The molecule has 0 aliphatic rings. The highest BCUT2D eigenvalue weighted by Crippen LogP contribution is 2.22. The number of carboxylic acids is 1. The average Bonchev–Trinajstić information content (AvgIpc) is 2.48. The Hall–Kier alpha value is -2.49. The SMILES string of the molecule is Cc1ccc(C(=O)Nc2ccc(I)cc2C(=O)O)cc1[N+](=O)[O-]. The van der Waals surface area contributed by atoms with E-state index in [1.165, 1.54) is 24.3 Å². The largest absolute Gasteiger partial charge is 0.478 e. The summed E-state index contributed by atoms with van der Waals surface area (Å²) in [6, 6.07) is 8.64. The summed E-state index contributed by atoms with van der Waals surface area (Å²) in [7, 11) is 0. The molecule has 0 aliphatic carbocycles. The average molecular weight is 426 g/mol. The standard InChI is InChI=1S/C15H11IN2O5/c1-8-2-3-9(6-13(8)18(22)23)14(19)17-12-5-4-10(16)7-11(12)15(20)21/h2-7H,1H3,(H,17,19)(H,20,21). The molecule has 23 heavy (non-hydrogen) atoms. The van der Waals surface area contributed by atoms with Gasteiger partial charge in [0.25, 0.3) is 11.6 Å². The van der Waals surface area contributed by atoms with Crippen molar-refractivity contribution in [1.82, 2.24) is 0 Å². The third-order valence-corrected chi connectivity index (χ3v) is 3.80. The molecule has 0 fully saturated rings. The van der Waals surface area contributed by atoms with E-state index in [0.29, 0.717) is 9.13 Å². The van der Waals surface area contributed by atoms with Crippen LogP contribution in [-0.4, -0.2) is 21.9 Å². The molecule has 0 unspecified atom stereocenters. The third-order valence-electron chi connectivity index (χ3n) is 3.13. The fourth-order valence-electron chi connectivity index (χ4n) is 1.94. The second-order valence-electron chi connectivity index (χ2n) is 4.71. The number of hydrogen-bond donors (Lipinski definition) is 2. The van der Waals surface area contributed by atoms with E-state index in [2.05, 4.69) is 5.32 Å². The van der Waals surface area contributed by atoms with E-state index in [0.717, 1.165) is 6.07 Å². The van der Waals surface area contributed by atoms with Gasteiger partial charge in [-0.05, 0) is 53.8 Å². The van der Waals surface area contributed by atoms with Gasteiger partial charge in [-0.1, -0.05) is 6.07 Å². The normalized spacial score (nSPS) is 10.2. The molecule has 1 amide bonds. The van der Waals surface area contributed by atoms with Crippen LogP contribution in [0.3, 0.4) is 0 Å². The number of amides is 1. The molecule has 8 heteroatoms. The zero-order valence-corrected chi connectivity index (χ0v) is 14.0. The molecule has 0 saturated carbocycles. The lowest BCUT2D eigenvalue weighted by Gasteiger charge is -2.09. The number of carbonyl (C=O) groups is 2. The lowest BCUT2D eigenvalue weighted by atomic mass is 10.1. The van der Waals surface area contributed by atoms with Crippen molar-refractivity contribution in [1.29, 1.82) is 0 Å². The summed E-state index contributed by atoms with van der Waals surface area (Å²) in [6.07, 6.45) is 0. The van der Waals surface area contributed by atoms with Crippen LogP contribution in [0.25, 0.3) is 0 Å². The Morgan fingerprint density at radius 2 is 1.91 bits per heavy atom. The van der Waals surface area contributed by atoms with E-state index in [1.54, 1.807) is 13.0 Å². The molecular weight excluding hydrogens is 415 g/mol. The van der Waals surface area contributed by atoms with Crippen LogP contribution < -0.4 is 5.32 Å². The van der Waals surface area contributed by atoms with Crippen molar-refractivity contribution in [2.45, 2.75) is 6.92 Å². The van der Waals surface area contributed by atoms with Gasteiger partial charge in [-0.2, -0.15) is 0 Å². The quantitative estimate of drug-likeness (QED) is 0.442. The van der Waals surface area contributed by atoms with Crippen LogP contribution in [0.1, 0.15) is 26.3 Å². The van der Waals surface area contributed by atoms with Crippen molar-refractivity contribution >= 4 is 45.8 Å². The van der Waals surface area contributed by atoms with E-state index in [1.807, 2.05) is 22.6 Å². The van der Waals surface area contributed by atoms with Crippen molar-refractivity contribution in [3.63, 3.8) is 0 Å². The molecule has 0 spiro atoms. The molecule has 0 saturated heterocycles. The van der Waals surface area contributed by atoms with E-state index in [9.17, 15) is 24.8 Å². The molecule has 2 rings (SSSR count). The van der Waals surface area contributed by atoms with Gasteiger partial charge < -0.3 is 10.4 Å². The minimum absolute atomic E-state index is 0.0492. The Morgan fingerprint density at radius 3 is 2.52 bits per heavy atom. The number of rotatable bonds is 4. The van der Waals surface area contributed by atoms with Gasteiger partial charge in [-0.15, -0.1) is 0 Å². The number of nitro groups is 1. The monoisotopic (exact) mass is 426 g/mol. The van der Waals surface area contributed by atoms with Crippen molar-refractivity contribution < 1.29 is 19.6 Å². The Bertz CT molecular complexity index is 820. The van der Waals surface area contributed by atoms with Crippen LogP contribution in [0.4, 0.5) is 11.4 Å². The zero-order valence-electron chi connectivity index (χ0n) is 11.9. The van der Waals surface area contributed by atoms with Crippen molar-refractivity contribution in [2.75, 3.05) is 5.32 Å². The highest BCUT2D eigenvalue weighted by molar-refractivity contribution is 14.1. The molecule has 118 valence electrons. The van der Waals surface area contributed by atoms with Crippen molar-refractivity contribution in [3.05, 3.63) is 66.8 Å². The molecule has 0 bridgehead atoms. The number of halogens is 1. The van der Waals surface area contributed by atoms with Gasteiger partial charge in [0.15, 0.2) is 0 Å². The molecule has 0 aromatic heterocycles. The first-order valence-electron chi connectivity index (χ1n) is 6.39. The maximum atomic E-state index is 12.2. The summed E-state index contributed by atoms with van der Waals surface area (Å²) in [5.41, 5.74) is 0.431. The molecule has 2 N–H and O–H groups in total. The number of nitro benzene ring substituents is 1. The van der Waals surface area contributed by atoms with Crippen molar-refractivity contribution in [2.24, 2.45) is 0 Å². The molecule has 0 radical (unpaired) electrons. The number of benzene rings is 2. The first kappa shape index (κ1) is 16.9. The van der Waals surface area contributed by atoms with Crippen LogP contribution in [0.2, 0.25) is 0 Å². The second kappa shape index (κ2) is 6.73. The van der Waals surface area contributed by atoms with Gasteiger partial charge in [0.05, 0.1) is 16.2 Å². The van der Waals surface area contributed by atoms with Crippen LogP contribution in [0.5, 0.6) is 0 Å². The number of carboxylic acid groups (broad SMARTS) is 1. The number of hydrogen-bond acceptors (Lipinski definition) is 4. The molecule has 0 heterocycles.